The summed E-state index contributed by atoms with van der Waals surface area (Å²) in [6.45, 7) is 0.330. The summed E-state index contributed by atoms with van der Waals surface area (Å²) in [4.78, 5) is 57.3. The van der Waals surface area contributed by atoms with Gasteiger partial charge >= 0.3 is 11.9 Å². The molecule has 0 heterocycles. The molecular weight excluding hydrogens is 494 g/mol. The monoisotopic (exact) mass is 544 g/mol. The quantitative estimate of drug-likeness (QED) is 0.0622. The van der Waals surface area contributed by atoms with Gasteiger partial charge in [-0.2, -0.15) is 5.43 Å². The van der Waals surface area contributed by atoms with Crippen molar-refractivity contribution in [3.8, 4) is 0 Å². The first-order valence-electron chi connectivity index (χ1n) is 14.0. The van der Waals surface area contributed by atoms with Crippen molar-refractivity contribution < 1.29 is 40.0 Å². The maximum Gasteiger partial charge on any atom is 0.326 e. The highest BCUT2D eigenvalue weighted by atomic mass is 16.4. The average molecular weight is 545 g/mol. The summed E-state index contributed by atoms with van der Waals surface area (Å²) in [5.74, 6) is 0.206. The number of rotatable bonds is 26. The van der Waals surface area contributed by atoms with Crippen molar-refractivity contribution in [2.45, 2.75) is 128 Å². The summed E-state index contributed by atoms with van der Waals surface area (Å²) in [5, 5.41) is 22.8. The number of hydrogen-bond donors (Lipinski definition) is 7. The number of quaternary nitrogens is 1. The molecule has 10 N–H and O–H groups in total. The third kappa shape index (κ3) is 21.4. The molecule has 12 nitrogen and oxygen atoms in total. The predicted octanol–water partition coefficient (Wildman–Crippen LogP) is 1.38. The Morgan fingerprint density at radius 1 is 0.658 bits per heavy atom. The molecule has 0 aromatic rings. The minimum absolute atomic E-state index is 0.235. The molecule has 3 amide bonds. The molecule has 0 unspecified atom stereocenters. The van der Waals surface area contributed by atoms with Crippen LogP contribution < -0.4 is 27.6 Å². The van der Waals surface area contributed by atoms with E-state index in [9.17, 15) is 24.0 Å². The van der Waals surface area contributed by atoms with E-state index in [1.54, 1.807) is 0 Å². The maximum absolute atomic E-state index is 12.2. The van der Waals surface area contributed by atoms with Crippen LogP contribution in [0.1, 0.15) is 116 Å². The highest BCUT2D eigenvalue weighted by Crippen LogP contribution is 2.13. The van der Waals surface area contributed by atoms with Gasteiger partial charge in [0.25, 0.3) is 0 Å². The Morgan fingerprint density at radius 2 is 1.16 bits per heavy atom. The summed E-state index contributed by atoms with van der Waals surface area (Å²) < 4.78 is 0. The molecule has 0 aromatic carbocycles. The first-order valence-corrected chi connectivity index (χ1v) is 14.0. The first kappa shape index (κ1) is 35.3. The molecule has 0 aliphatic carbocycles. The van der Waals surface area contributed by atoms with Crippen LogP contribution in [0, 0.1) is 0 Å². The van der Waals surface area contributed by atoms with Crippen molar-refractivity contribution in [1.29, 1.82) is 0 Å². The number of primary amides is 1. The SMILES string of the molecule is NC(=O)[C@H](CC(=O)NCCCC[C@H](N[NH3+])C(=O)O)NC(=O)CCCCCCCCCCCCCCC(=O)O. The number of aliphatic carboxylic acids is 2. The summed E-state index contributed by atoms with van der Waals surface area (Å²) in [6.07, 6.45) is 14.4. The van der Waals surface area contributed by atoms with Crippen molar-refractivity contribution in [3.63, 3.8) is 0 Å². The van der Waals surface area contributed by atoms with E-state index in [0.29, 0.717) is 32.2 Å². The summed E-state index contributed by atoms with van der Waals surface area (Å²) in [7, 11) is 0. The Balaban J connectivity index is 3.80. The normalized spacial score (nSPS) is 12.4. The van der Waals surface area contributed by atoms with Crippen molar-refractivity contribution in [1.82, 2.24) is 16.1 Å². The minimum atomic E-state index is -1.06. The highest BCUT2D eigenvalue weighted by molar-refractivity contribution is 5.91. The summed E-state index contributed by atoms with van der Waals surface area (Å²) in [6, 6.07) is -1.79. The van der Waals surface area contributed by atoms with Gasteiger partial charge in [-0.15, -0.1) is 0 Å². The van der Waals surface area contributed by atoms with Crippen LogP contribution in [0.5, 0.6) is 0 Å². The lowest BCUT2D eigenvalue weighted by Gasteiger charge is -2.15. The molecule has 0 aliphatic rings. The van der Waals surface area contributed by atoms with Crippen molar-refractivity contribution in [2.24, 2.45) is 5.73 Å². The zero-order valence-corrected chi connectivity index (χ0v) is 22.8. The van der Waals surface area contributed by atoms with Crippen LogP contribution in [-0.2, 0) is 24.0 Å². The van der Waals surface area contributed by atoms with Gasteiger partial charge in [0.05, 0.1) is 6.42 Å². The van der Waals surface area contributed by atoms with E-state index in [1.807, 2.05) is 0 Å². The van der Waals surface area contributed by atoms with E-state index >= 15 is 0 Å². The zero-order chi connectivity index (χ0) is 28.6. The van der Waals surface area contributed by atoms with Crippen LogP contribution in [0.2, 0.25) is 0 Å². The van der Waals surface area contributed by atoms with Crippen LogP contribution in [0.4, 0.5) is 0 Å². The van der Waals surface area contributed by atoms with Gasteiger partial charge in [0, 0.05) is 19.4 Å². The third-order valence-electron chi connectivity index (χ3n) is 6.40. The molecule has 0 bridgehead atoms. The third-order valence-corrected chi connectivity index (χ3v) is 6.40. The molecule has 220 valence electrons. The molecule has 0 aromatic heterocycles. The summed E-state index contributed by atoms with van der Waals surface area (Å²) in [5.41, 5.74) is 7.81. The second-order valence-corrected chi connectivity index (χ2v) is 9.80. The number of nitrogens with one attached hydrogen (secondary N) is 3. The molecule has 0 saturated carbocycles. The maximum atomic E-state index is 12.2. The van der Waals surface area contributed by atoms with Crippen molar-refractivity contribution >= 4 is 29.7 Å². The molecule has 12 heteroatoms. The second-order valence-electron chi connectivity index (χ2n) is 9.80. The van der Waals surface area contributed by atoms with Crippen LogP contribution in [-0.4, -0.2) is 58.5 Å². The van der Waals surface area contributed by atoms with Gasteiger partial charge in [-0.05, 0) is 32.1 Å². The highest BCUT2D eigenvalue weighted by Gasteiger charge is 2.21. The topological polar surface area (TPSA) is 216 Å². The summed E-state index contributed by atoms with van der Waals surface area (Å²) >= 11 is 0. The Hall–Kier alpha value is -2.73. The lowest BCUT2D eigenvalue weighted by atomic mass is 10.0. The molecule has 0 fully saturated rings. The van der Waals surface area contributed by atoms with Gasteiger partial charge in [-0.1, -0.05) is 64.2 Å². The molecule has 0 spiro atoms. The van der Waals surface area contributed by atoms with E-state index < -0.39 is 35.8 Å². The lowest BCUT2D eigenvalue weighted by Crippen LogP contribution is -2.70. The number of carbonyl (C=O) groups excluding carboxylic acids is 3. The van der Waals surface area contributed by atoms with Crippen LogP contribution in [0.3, 0.4) is 0 Å². The Bertz CT molecular complexity index is 705. The number of unbranched alkanes of at least 4 members (excludes halogenated alkanes) is 12. The number of nitrogens with two attached hydrogens (primary N) is 1. The molecule has 38 heavy (non-hydrogen) atoms. The van der Waals surface area contributed by atoms with Gasteiger partial charge in [-0.25, -0.2) is 0 Å². The minimum Gasteiger partial charge on any atom is -0.481 e. The van der Waals surface area contributed by atoms with E-state index in [4.69, 9.17) is 15.9 Å². The van der Waals surface area contributed by atoms with Crippen LogP contribution >= 0.6 is 0 Å². The zero-order valence-electron chi connectivity index (χ0n) is 22.8. The number of carboxylic acid groups (broad SMARTS) is 2. The fourth-order valence-corrected chi connectivity index (χ4v) is 4.09. The number of amides is 3. The van der Waals surface area contributed by atoms with Crippen molar-refractivity contribution in [2.75, 3.05) is 6.54 Å². The van der Waals surface area contributed by atoms with Gasteiger partial charge in [0.2, 0.25) is 17.7 Å². The predicted molar refractivity (Wildman–Crippen MR) is 142 cm³/mol. The fourth-order valence-electron chi connectivity index (χ4n) is 4.09. The standard InChI is InChI=1S/C26H49N5O7/c27-25(36)21(19-23(33)29-18-14-13-15-20(31-28)26(37)38)30-22(32)16-11-9-7-5-3-1-2-4-6-8-10-12-17-24(34)35/h20-21,31H,1-19,28H2,(H2,27,36)(H,29,33)(H,30,32)(H,34,35)(H,37,38)/p+1/t20-,21-/m0/s1. The van der Waals surface area contributed by atoms with E-state index in [1.165, 1.54) is 19.3 Å². The molecule has 2 atom stereocenters. The lowest BCUT2D eigenvalue weighted by molar-refractivity contribution is -0.449. The number of hydrogen-bond acceptors (Lipinski definition) is 6. The molecule has 0 radical (unpaired) electrons. The Morgan fingerprint density at radius 3 is 1.61 bits per heavy atom. The van der Waals surface area contributed by atoms with Gasteiger partial charge in [0.15, 0.2) is 6.04 Å². The molecule has 0 saturated heterocycles. The smallest absolute Gasteiger partial charge is 0.326 e. The molecular formula is C26H50N5O7+. The first-order chi connectivity index (χ1) is 18.2. The van der Waals surface area contributed by atoms with E-state index in [-0.39, 0.29) is 25.2 Å². The van der Waals surface area contributed by atoms with Gasteiger partial charge in [-0.3, -0.25) is 29.8 Å². The number of carbonyl (C=O) groups is 5. The fraction of sp³-hybridized carbons (Fsp3) is 0.808. The largest absolute Gasteiger partial charge is 0.481 e. The van der Waals surface area contributed by atoms with Crippen LogP contribution in [0.25, 0.3) is 0 Å². The molecule has 0 aliphatic heterocycles. The van der Waals surface area contributed by atoms with Gasteiger partial charge in [0.1, 0.15) is 6.04 Å². The number of carboxylic acids is 2. The van der Waals surface area contributed by atoms with Crippen LogP contribution in [0.15, 0.2) is 0 Å². The van der Waals surface area contributed by atoms with Gasteiger partial charge < -0.3 is 26.6 Å². The van der Waals surface area contributed by atoms with E-state index in [0.717, 1.165) is 51.4 Å². The van der Waals surface area contributed by atoms with E-state index in [2.05, 4.69) is 21.9 Å². The average Bonchev–Trinajstić information content (AvgIpc) is 2.85. The Kier molecular flexibility index (Phi) is 21.7. The van der Waals surface area contributed by atoms with Crippen molar-refractivity contribution in [3.05, 3.63) is 0 Å². The second kappa shape index (κ2) is 23.4. The molecule has 0 rings (SSSR count). The Labute approximate surface area is 226 Å².